The predicted molar refractivity (Wildman–Crippen MR) is 82.3 cm³/mol. The standard InChI is InChI=1S/C11H9BrO3.2C2H6/c1-3-8-6-9(12)4-5-10(8)15-7-11(13)14-2;2*1-2/h1,4-6H,7H2,2H3;2*1-2H3. The van der Waals surface area contributed by atoms with Crippen molar-refractivity contribution >= 4 is 21.9 Å². The zero-order valence-corrected chi connectivity index (χ0v) is 13.7. The number of halogens is 1. The van der Waals surface area contributed by atoms with Crippen LogP contribution in [0.4, 0.5) is 0 Å². The molecule has 0 N–H and O–H groups in total. The number of rotatable bonds is 3. The molecule has 19 heavy (non-hydrogen) atoms. The third-order valence-corrected chi connectivity index (χ3v) is 2.16. The molecule has 0 unspecified atom stereocenters. The molecular weight excluding hydrogens is 308 g/mol. The molecule has 0 heterocycles. The largest absolute Gasteiger partial charge is 0.481 e. The lowest BCUT2D eigenvalue weighted by molar-refractivity contribution is -0.142. The molecule has 1 aromatic carbocycles. The Labute approximate surface area is 124 Å². The topological polar surface area (TPSA) is 35.5 Å². The third kappa shape index (κ3) is 8.28. The van der Waals surface area contributed by atoms with Crippen LogP contribution in [0.15, 0.2) is 22.7 Å². The van der Waals surface area contributed by atoms with Crippen molar-refractivity contribution in [3.63, 3.8) is 0 Å². The molecule has 0 aliphatic heterocycles. The molecule has 3 nitrogen and oxygen atoms in total. The van der Waals surface area contributed by atoms with Crippen molar-refractivity contribution in [1.29, 1.82) is 0 Å². The van der Waals surface area contributed by atoms with Crippen molar-refractivity contribution in [1.82, 2.24) is 0 Å². The van der Waals surface area contributed by atoms with Gasteiger partial charge in [0.05, 0.1) is 12.7 Å². The molecule has 106 valence electrons. The summed E-state index contributed by atoms with van der Waals surface area (Å²) in [6.07, 6.45) is 5.29. The summed E-state index contributed by atoms with van der Waals surface area (Å²) < 4.78 is 10.5. The second-order valence-electron chi connectivity index (χ2n) is 2.65. The summed E-state index contributed by atoms with van der Waals surface area (Å²) in [5.41, 5.74) is 0.591. The highest BCUT2D eigenvalue weighted by Gasteiger charge is 2.05. The molecule has 1 aromatic rings. The van der Waals surface area contributed by atoms with Gasteiger partial charge in [0.15, 0.2) is 6.61 Å². The second kappa shape index (κ2) is 13.0. The molecule has 0 spiro atoms. The van der Waals surface area contributed by atoms with Crippen molar-refractivity contribution in [2.75, 3.05) is 13.7 Å². The van der Waals surface area contributed by atoms with Gasteiger partial charge in [-0.2, -0.15) is 0 Å². The number of hydrogen-bond acceptors (Lipinski definition) is 3. The first-order valence-electron chi connectivity index (χ1n) is 6.13. The lowest BCUT2D eigenvalue weighted by Crippen LogP contribution is -2.13. The van der Waals surface area contributed by atoms with Gasteiger partial charge in [-0.25, -0.2) is 4.79 Å². The van der Waals surface area contributed by atoms with E-state index in [0.717, 1.165) is 4.47 Å². The lowest BCUT2D eigenvalue weighted by atomic mass is 10.2. The van der Waals surface area contributed by atoms with E-state index in [4.69, 9.17) is 11.2 Å². The van der Waals surface area contributed by atoms with Crippen LogP contribution in [0.25, 0.3) is 0 Å². The summed E-state index contributed by atoms with van der Waals surface area (Å²) in [5, 5.41) is 0. The molecule has 0 atom stereocenters. The average Bonchev–Trinajstić information content (AvgIpc) is 2.49. The first-order chi connectivity index (χ1) is 9.17. The Morgan fingerprint density at radius 1 is 1.32 bits per heavy atom. The molecule has 1 rings (SSSR count). The van der Waals surface area contributed by atoms with E-state index >= 15 is 0 Å². The highest BCUT2D eigenvalue weighted by atomic mass is 79.9. The van der Waals surface area contributed by atoms with E-state index in [1.807, 2.05) is 27.7 Å². The highest BCUT2D eigenvalue weighted by molar-refractivity contribution is 9.10. The summed E-state index contributed by atoms with van der Waals surface area (Å²) in [7, 11) is 1.30. The Morgan fingerprint density at radius 3 is 2.37 bits per heavy atom. The van der Waals surface area contributed by atoms with Crippen molar-refractivity contribution in [2.24, 2.45) is 0 Å². The van der Waals surface area contributed by atoms with Crippen LogP contribution in [0.5, 0.6) is 5.75 Å². The zero-order chi connectivity index (χ0) is 15.3. The molecule has 0 fully saturated rings. The molecule has 0 aliphatic rings. The van der Waals surface area contributed by atoms with E-state index in [2.05, 4.69) is 26.6 Å². The monoisotopic (exact) mass is 328 g/mol. The number of ether oxygens (including phenoxy) is 2. The number of esters is 1. The van der Waals surface area contributed by atoms with Crippen LogP contribution >= 0.6 is 15.9 Å². The van der Waals surface area contributed by atoms with E-state index in [9.17, 15) is 4.79 Å². The zero-order valence-electron chi connectivity index (χ0n) is 12.1. The van der Waals surface area contributed by atoms with Crippen molar-refractivity contribution < 1.29 is 14.3 Å². The quantitative estimate of drug-likeness (QED) is 0.620. The van der Waals surface area contributed by atoms with Gasteiger partial charge in [-0.15, -0.1) is 6.42 Å². The number of carbonyl (C=O) groups excluding carboxylic acids is 1. The first kappa shape index (κ1) is 19.9. The van der Waals surface area contributed by atoms with E-state index in [0.29, 0.717) is 11.3 Å². The van der Waals surface area contributed by atoms with Crippen LogP contribution in [-0.4, -0.2) is 19.7 Å². The van der Waals surface area contributed by atoms with Crippen molar-refractivity contribution in [3.8, 4) is 18.1 Å². The van der Waals surface area contributed by atoms with E-state index < -0.39 is 5.97 Å². The molecule has 0 aliphatic carbocycles. The van der Waals surface area contributed by atoms with Crippen LogP contribution in [0.1, 0.15) is 33.3 Å². The number of hydrogen-bond donors (Lipinski definition) is 0. The molecule has 0 saturated carbocycles. The van der Waals surface area contributed by atoms with Gasteiger partial charge in [-0.3, -0.25) is 0 Å². The molecule has 0 amide bonds. The van der Waals surface area contributed by atoms with Crippen LogP contribution < -0.4 is 4.74 Å². The molecule has 0 aromatic heterocycles. The maximum Gasteiger partial charge on any atom is 0.343 e. The van der Waals surface area contributed by atoms with Gasteiger partial charge in [0.1, 0.15) is 5.75 Å². The van der Waals surface area contributed by atoms with Gasteiger partial charge in [-0.1, -0.05) is 49.5 Å². The minimum absolute atomic E-state index is 0.146. The predicted octanol–water partition coefficient (Wildman–Crippen LogP) is 4.03. The number of carbonyl (C=O) groups is 1. The van der Waals surface area contributed by atoms with Crippen LogP contribution in [0.3, 0.4) is 0 Å². The summed E-state index contributed by atoms with van der Waals surface area (Å²) in [6.45, 7) is 7.85. The maximum absolute atomic E-state index is 10.8. The molecule has 4 heteroatoms. The third-order valence-electron chi connectivity index (χ3n) is 1.67. The Morgan fingerprint density at radius 2 is 1.89 bits per heavy atom. The minimum Gasteiger partial charge on any atom is -0.481 e. The van der Waals surface area contributed by atoms with Gasteiger partial charge >= 0.3 is 5.97 Å². The van der Waals surface area contributed by atoms with Gasteiger partial charge in [0, 0.05) is 4.47 Å². The normalized spacial score (nSPS) is 7.84. The van der Waals surface area contributed by atoms with Gasteiger partial charge in [-0.05, 0) is 18.2 Å². The first-order valence-corrected chi connectivity index (χ1v) is 6.92. The van der Waals surface area contributed by atoms with Gasteiger partial charge in [0.25, 0.3) is 0 Å². The molecular formula is C15H21BrO3. The van der Waals surface area contributed by atoms with Crippen molar-refractivity contribution in [2.45, 2.75) is 27.7 Å². The Hall–Kier alpha value is -1.47. The number of methoxy groups -OCH3 is 1. The molecule has 0 saturated heterocycles. The van der Waals surface area contributed by atoms with Gasteiger partial charge < -0.3 is 9.47 Å². The van der Waals surface area contributed by atoms with E-state index in [1.165, 1.54) is 7.11 Å². The van der Waals surface area contributed by atoms with Crippen LogP contribution in [0, 0.1) is 12.3 Å². The Bertz CT molecular complexity index is 408. The number of terminal acetylenes is 1. The van der Waals surface area contributed by atoms with Crippen molar-refractivity contribution in [3.05, 3.63) is 28.2 Å². The van der Waals surface area contributed by atoms with E-state index in [1.54, 1.807) is 18.2 Å². The minimum atomic E-state index is -0.444. The fourth-order valence-electron chi connectivity index (χ4n) is 0.936. The SMILES string of the molecule is C#Cc1cc(Br)ccc1OCC(=O)OC.CC.CC. The van der Waals surface area contributed by atoms with Crippen LogP contribution in [-0.2, 0) is 9.53 Å². The fraction of sp³-hybridized carbons (Fsp3) is 0.400. The summed E-state index contributed by atoms with van der Waals surface area (Å²) in [4.78, 5) is 10.8. The summed E-state index contributed by atoms with van der Waals surface area (Å²) >= 11 is 3.29. The van der Waals surface area contributed by atoms with Gasteiger partial charge in [0.2, 0.25) is 0 Å². The smallest absolute Gasteiger partial charge is 0.343 e. The maximum atomic E-state index is 10.8. The number of benzene rings is 1. The Kier molecular flexibility index (Phi) is 13.6. The summed E-state index contributed by atoms with van der Waals surface area (Å²) in [6, 6.07) is 5.22. The average molecular weight is 329 g/mol. The Balaban J connectivity index is 0. The highest BCUT2D eigenvalue weighted by Crippen LogP contribution is 2.22. The molecule has 0 radical (unpaired) electrons. The van der Waals surface area contributed by atoms with Crippen LogP contribution in [0.2, 0.25) is 0 Å². The van der Waals surface area contributed by atoms with E-state index in [-0.39, 0.29) is 6.61 Å². The molecule has 0 bridgehead atoms. The summed E-state index contributed by atoms with van der Waals surface area (Å²) in [5.74, 6) is 2.52. The lowest BCUT2D eigenvalue weighted by Gasteiger charge is -2.07. The fourth-order valence-corrected chi connectivity index (χ4v) is 1.30. The second-order valence-corrected chi connectivity index (χ2v) is 3.57.